The SMILES string of the molecule is O=C(COc1csc(C(=O)O)c1)NC1CCCCC1. The molecular formula is C13H17NO4S. The van der Waals surface area contributed by atoms with Crippen molar-refractivity contribution in [1.82, 2.24) is 5.32 Å². The van der Waals surface area contributed by atoms with Crippen molar-refractivity contribution in [3.8, 4) is 5.75 Å². The highest BCUT2D eigenvalue weighted by Crippen LogP contribution is 2.21. The van der Waals surface area contributed by atoms with E-state index in [1.807, 2.05) is 0 Å². The summed E-state index contributed by atoms with van der Waals surface area (Å²) in [6.07, 6.45) is 5.65. The molecule has 0 aliphatic heterocycles. The monoisotopic (exact) mass is 283 g/mol. The Bertz CT molecular complexity index is 451. The molecule has 0 bridgehead atoms. The van der Waals surface area contributed by atoms with Gasteiger partial charge in [0.2, 0.25) is 0 Å². The molecule has 2 rings (SSSR count). The third kappa shape index (κ3) is 4.24. The lowest BCUT2D eigenvalue weighted by atomic mass is 9.95. The van der Waals surface area contributed by atoms with Gasteiger partial charge in [-0.15, -0.1) is 11.3 Å². The molecule has 1 aromatic rings. The molecule has 6 heteroatoms. The van der Waals surface area contributed by atoms with Crippen molar-refractivity contribution in [2.24, 2.45) is 0 Å². The van der Waals surface area contributed by atoms with E-state index in [2.05, 4.69) is 5.32 Å². The Balaban J connectivity index is 1.74. The van der Waals surface area contributed by atoms with Crippen molar-refractivity contribution in [2.45, 2.75) is 38.1 Å². The summed E-state index contributed by atoms with van der Waals surface area (Å²) in [4.78, 5) is 22.6. The largest absolute Gasteiger partial charge is 0.483 e. The summed E-state index contributed by atoms with van der Waals surface area (Å²) < 4.78 is 5.28. The minimum Gasteiger partial charge on any atom is -0.483 e. The highest BCUT2D eigenvalue weighted by molar-refractivity contribution is 7.12. The van der Waals surface area contributed by atoms with Gasteiger partial charge in [-0.2, -0.15) is 0 Å². The van der Waals surface area contributed by atoms with Crippen LogP contribution in [-0.4, -0.2) is 29.6 Å². The smallest absolute Gasteiger partial charge is 0.346 e. The van der Waals surface area contributed by atoms with Gasteiger partial charge >= 0.3 is 5.97 Å². The molecule has 104 valence electrons. The van der Waals surface area contributed by atoms with Gasteiger partial charge in [-0.3, -0.25) is 4.79 Å². The molecule has 2 N–H and O–H groups in total. The van der Waals surface area contributed by atoms with Crippen LogP contribution in [0, 0.1) is 0 Å². The standard InChI is InChI=1S/C13H17NO4S/c15-12(14-9-4-2-1-3-5-9)7-18-10-6-11(13(16)17)19-8-10/h6,8-9H,1-5,7H2,(H,14,15)(H,16,17). The summed E-state index contributed by atoms with van der Waals surface area (Å²) >= 11 is 1.09. The van der Waals surface area contributed by atoms with Crippen molar-refractivity contribution < 1.29 is 19.4 Å². The first-order chi connectivity index (χ1) is 9.15. The van der Waals surface area contributed by atoms with Crippen molar-refractivity contribution in [2.75, 3.05) is 6.61 Å². The second-order valence-electron chi connectivity index (χ2n) is 4.64. The Morgan fingerprint density at radius 2 is 2.11 bits per heavy atom. The van der Waals surface area contributed by atoms with Crippen LogP contribution in [0.25, 0.3) is 0 Å². The van der Waals surface area contributed by atoms with Crippen molar-refractivity contribution in [1.29, 1.82) is 0 Å². The Hall–Kier alpha value is -1.56. The van der Waals surface area contributed by atoms with Gasteiger partial charge in [0.1, 0.15) is 10.6 Å². The Morgan fingerprint density at radius 3 is 2.74 bits per heavy atom. The molecule has 5 nitrogen and oxygen atoms in total. The molecule has 0 unspecified atom stereocenters. The van der Waals surface area contributed by atoms with E-state index in [0.29, 0.717) is 5.75 Å². The Kier molecular flexibility index (Phi) is 4.79. The lowest BCUT2D eigenvalue weighted by molar-refractivity contribution is -0.124. The van der Waals surface area contributed by atoms with E-state index in [4.69, 9.17) is 9.84 Å². The number of hydrogen-bond donors (Lipinski definition) is 2. The van der Waals surface area contributed by atoms with Gasteiger partial charge in [0.25, 0.3) is 5.91 Å². The molecule has 19 heavy (non-hydrogen) atoms. The summed E-state index contributed by atoms with van der Waals surface area (Å²) in [6.45, 7) is -0.0632. The highest BCUT2D eigenvalue weighted by atomic mass is 32.1. The van der Waals surface area contributed by atoms with Crippen LogP contribution in [0.1, 0.15) is 41.8 Å². The van der Waals surface area contributed by atoms with Gasteiger partial charge in [0, 0.05) is 17.5 Å². The third-order valence-corrected chi connectivity index (χ3v) is 4.02. The van der Waals surface area contributed by atoms with E-state index < -0.39 is 5.97 Å². The minimum atomic E-state index is -0.980. The number of carbonyl (C=O) groups excluding carboxylic acids is 1. The number of carboxylic acid groups (broad SMARTS) is 1. The predicted molar refractivity (Wildman–Crippen MR) is 71.8 cm³/mol. The van der Waals surface area contributed by atoms with Gasteiger partial charge in [0.05, 0.1) is 0 Å². The van der Waals surface area contributed by atoms with Crippen LogP contribution in [-0.2, 0) is 4.79 Å². The molecule has 0 radical (unpaired) electrons. The number of ether oxygens (including phenoxy) is 1. The van der Waals surface area contributed by atoms with Gasteiger partial charge < -0.3 is 15.2 Å². The lowest BCUT2D eigenvalue weighted by Crippen LogP contribution is -2.38. The first-order valence-corrected chi connectivity index (χ1v) is 7.27. The van der Waals surface area contributed by atoms with Gasteiger partial charge in [-0.05, 0) is 12.8 Å². The number of nitrogens with one attached hydrogen (secondary N) is 1. The Morgan fingerprint density at radius 1 is 1.37 bits per heavy atom. The van der Waals surface area contributed by atoms with Crippen LogP contribution < -0.4 is 10.1 Å². The average molecular weight is 283 g/mol. The molecule has 0 atom stereocenters. The number of rotatable bonds is 5. The summed E-state index contributed by atoms with van der Waals surface area (Å²) in [5.74, 6) is -0.692. The van der Waals surface area contributed by atoms with Crippen LogP contribution in [0.15, 0.2) is 11.4 Å². The predicted octanol–water partition coefficient (Wildman–Crippen LogP) is 2.27. The second-order valence-corrected chi connectivity index (χ2v) is 5.55. The van der Waals surface area contributed by atoms with E-state index in [9.17, 15) is 9.59 Å². The molecule has 0 aromatic carbocycles. The zero-order chi connectivity index (χ0) is 13.7. The fourth-order valence-corrected chi connectivity index (χ4v) is 2.84. The molecule has 1 aliphatic carbocycles. The molecule has 1 heterocycles. The topological polar surface area (TPSA) is 75.6 Å². The van der Waals surface area contributed by atoms with Gasteiger partial charge in [0.15, 0.2) is 6.61 Å². The molecule has 0 saturated heterocycles. The Labute approximate surface area is 115 Å². The van der Waals surface area contributed by atoms with Crippen LogP contribution in [0.3, 0.4) is 0 Å². The van der Waals surface area contributed by atoms with E-state index in [-0.39, 0.29) is 23.4 Å². The van der Waals surface area contributed by atoms with Crippen LogP contribution in [0.2, 0.25) is 0 Å². The summed E-state index contributed by atoms with van der Waals surface area (Å²) in [6, 6.07) is 1.70. The van der Waals surface area contributed by atoms with Crippen molar-refractivity contribution >= 4 is 23.2 Å². The van der Waals surface area contributed by atoms with Crippen LogP contribution in [0.4, 0.5) is 0 Å². The first kappa shape index (κ1) is 13.9. The first-order valence-electron chi connectivity index (χ1n) is 6.39. The zero-order valence-corrected chi connectivity index (χ0v) is 11.4. The third-order valence-electron chi connectivity index (χ3n) is 3.13. The summed E-state index contributed by atoms with van der Waals surface area (Å²) in [7, 11) is 0. The average Bonchev–Trinajstić information content (AvgIpc) is 2.86. The quantitative estimate of drug-likeness (QED) is 0.869. The number of carboxylic acids is 1. The maximum Gasteiger partial charge on any atom is 0.346 e. The molecule has 1 aromatic heterocycles. The molecule has 1 amide bonds. The zero-order valence-electron chi connectivity index (χ0n) is 10.6. The van der Waals surface area contributed by atoms with Crippen molar-refractivity contribution in [3.63, 3.8) is 0 Å². The molecular weight excluding hydrogens is 266 g/mol. The number of amides is 1. The fourth-order valence-electron chi connectivity index (χ4n) is 2.17. The lowest BCUT2D eigenvalue weighted by Gasteiger charge is -2.22. The number of thiophene rings is 1. The molecule has 1 saturated carbocycles. The second kappa shape index (κ2) is 6.56. The number of carbonyl (C=O) groups is 2. The van der Waals surface area contributed by atoms with Crippen LogP contribution in [0.5, 0.6) is 5.75 Å². The number of aromatic carboxylic acids is 1. The molecule has 0 spiro atoms. The van der Waals surface area contributed by atoms with Crippen molar-refractivity contribution in [3.05, 3.63) is 16.3 Å². The van der Waals surface area contributed by atoms with Crippen LogP contribution >= 0.6 is 11.3 Å². The fraction of sp³-hybridized carbons (Fsp3) is 0.538. The van der Waals surface area contributed by atoms with Gasteiger partial charge in [-0.1, -0.05) is 19.3 Å². The normalized spacial score (nSPS) is 16.0. The molecule has 1 fully saturated rings. The van der Waals surface area contributed by atoms with E-state index in [1.54, 1.807) is 5.38 Å². The maximum absolute atomic E-state index is 11.7. The maximum atomic E-state index is 11.7. The highest BCUT2D eigenvalue weighted by Gasteiger charge is 2.16. The number of hydrogen-bond acceptors (Lipinski definition) is 4. The van der Waals surface area contributed by atoms with Gasteiger partial charge in [-0.25, -0.2) is 4.79 Å². The van der Waals surface area contributed by atoms with E-state index in [1.165, 1.54) is 12.5 Å². The molecule has 1 aliphatic rings. The summed E-state index contributed by atoms with van der Waals surface area (Å²) in [5, 5.41) is 13.3. The van der Waals surface area contributed by atoms with E-state index in [0.717, 1.165) is 37.0 Å². The van der Waals surface area contributed by atoms with E-state index >= 15 is 0 Å². The minimum absolute atomic E-state index is 0.0632. The summed E-state index contributed by atoms with van der Waals surface area (Å²) in [5.41, 5.74) is 0.